The molecule has 2 aliphatic heterocycles. The van der Waals surface area contributed by atoms with Gasteiger partial charge in [0.2, 0.25) is 0 Å². The highest BCUT2D eigenvalue weighted by molar-refractivity contribution is 6.13. The highest BCUT2D eigenvalue weighted by Crippen LogP contribution is 2.23. The van der Waals surface area contributed by atoms with Crippen molar-refractivity contribution in [3.8, 4) is 11.5 Å². The van der Waals surface area contributed by atoms with Crippen molar-refractivity contribution < 1.29 is 14.0 Å². The van der Waals surface area contributed by atoms with Crippen molar-refractivity contribution in [1.82, 2.24) is 25.5 Å². The number of anilines is 1. The van der Waals surface area contributed by atoms with Crippen LogP contribution in [0.2, 0.25) is 0 Å². The maximum Gasteiger partial charge on any atom is 0.326 e. The molecular weight excluding hydrogens is 348 g/mol. The minimum absolute atomic E-state index is 0.148. The SMILES string of the molecule is CN1CCCN(c2cncc(-c3ccc(C=C4NC(=O)NC4=O)o3)n2)CC1. The molecule has 4 heterocycles. The Hall–Kier alpha value is -3.20. The van der Waals surface area contributed by atoms with E-state index in [1.54, 1.807) is 24.5 Å². The van der Waals surface area contributed by atoms with Gasteiger partial charge in [0, 0.05) is 25.7 Å². The summed E-state index contributed by atoms with van der Waals surface area (Å²) >= 11 is 0. The Balaban J connectivity index is 1.54. The fraction of sp³-hybridized carbons (Fsp3) is 0.333. The zero-order valence-electron chi connectivity index (χ0n) is 14.9. The van der Waals surface area contributed by atoms with Crippen LogP contribution >= 0.6 is 0 Å². The van der Waals surface area contributed by atoms with Crippen LogP contribution < -0.4 is 15.5 Å². The monoisotopic (exact) mass is 368 g/mol. The first-order valence-electron chi connectivity index (χ1n) is 8.78. The van der Waals surface area contributed by atoms with Crippen LogP contribution in [-0.4, -0.2) is 60.0 Å². The number of nitrogens with zero attached hydrogens (tertiary/aromatic N) is 4. The van der Waals surface area contributed by atoms with Crippen molar-refractivity contribution in [3.63, 3.8) is 0 Å². The molecule has 0 aromatic carbocycles. The topological polar surface area (TPSA) is 104 Å². The van der Waals surface area contributed by atoms with Crippen LogP contribution in [0.5, 0.6) is 0 Å². The first-order chi connectivity index (χ1) is 13.1. The number of hydrogen-bond acceptors (Lipinski definition) is 7. The van der Waals surface area contributed by atoms with Crippen molar-refractivity contribution in [1.29, 1.82) is 0 Å². The lowest BCUT2D eigenvalue weighted by molar-refractivity contribution is -0.115. The number of hydrogen-bond donors (Lipinski definition) is 2. The van der Waals surface area contributed by atoms with E-state index in [2.05, 4.69) is 37.4 Å². The summed E-state index contributed by atoms with van der Waals surface area (Å²) < 4.78 is 5.76. The van der Waals surface area contributed by atoms with E-state index >= 15 is 0 Å². The van der Waals surface area contributed by atoms with Crippen LogP contribution in [-0.2, 0) is 4.79 Å². The van der Waals surface area contributed by atoms with Gasteiger partial charge in [0.1, 0.15) is 23.0 Å². The molecular formula is C18H20N6O3. The van der Waals surface area contributed by atoms with Crippen molar-refractivity contribution in [2.75, 3.05) is 38.1 Å². The minimum Gasteiger partial charge on any atom is -0.455 e. The van der Waals surface area contributed by atoms with Crippen LogP contribution in [0.15, 0.2) is 34.6 Å². The highest BCUT2D eigenvalue weighted by Gasteiger charge is 2.23. The van der Waals surface area contributed by atoms with Crippen LogP contribution in [0.3, 0.4) is 0 Å². The van der Waals surface area contributed by atoms with Crippen molar-refractivity contribution >= 4 is 23.8 Å². The normalized spacial score (nSPS) is 19.9. The molecule has 0 spiro atoms. The molecule has 2 fully saturated rings. The Labute approximate surface area is 156 Å². The summed E-state index contributed by atoms with van der Waals surface area (Å²) in [6, 6.07) is 2.94. The maximum atomic E-state index is 11.6. The van der Waals surface area contributed by atoms with E-state index in [1.807, 2.05) is 0 Å². The molecule has 2 aromatic heterocycles. The average Bonchev–Trinajstić information content (AvgIpc) is 3.17. The van der Waals surface area contributed by atoms with Crippen molar-refractivity contribution in [2.24, 2.45) is 0 Å². The molecule has 0 saturated carbocycles. The molecule has 27 heavy (non-hydrogen) atoms. The second kappa shape index (κ2) is 7.20. The average molecular weight is 368 g/mol. The zero-order chi connectivity index (χ0) is 18.8. The third-order valence-electron chi connectivity index (χ3n) is 4.55. The molecule has 2 saturated heterocycles. The van der Waals surface area contributed by atoms with Gasteiger partial charge in [-0.3, -0.25) is 15.1 Å². The summed E-state index contributed by atoms with van der Waals surface area (Å²) in [6.07, 6.45) is 5.96. The van der Waals surface area contributed by atoms with Gasteiger partial charge in [0.05, 0.1) is 12.4 Å². The second-order valence-electron chi connectivity index (χ2n) is 6.57. The third kappa shape index (κ3) is 3.82. The molecule has 2 aliphatic rings. The number of aromatic nitrogens is 2. The van der Waals surface area contributed by atoms with Gasteiger partial charge in [0.15, 0.2) is 5.76 Å². The molecule has 0 radical (unpaired) electrons. The van der Waals surface area contributed by atoms with Gasteiger partial charge in [-0.2, -0.15) is 0 Å². The summed E-state index contributed by atoms with van der Waals surface area (Å²) in [4.78, 5) is 36.3. The summed E-state index contributed by atoms with van der Waals surface area (Å²) in [5.74, 6) is 1.33. The fourth-order valence-electron chi connectivity index (χ4n) is 3.10. The van der Waals surface area contributed by atoms with Gasteiger partial charge < -0.3 is 19.5 Å². The van der Waals surface area contributed by atoms with Gasteiger partial charge in [0.25, 0.3) is 5.91 Å². The van der Waals surface area contributed by atoms with Gasteiger partial charge in [-0.15, -0.1) is 0 Å². The Morgan fingerprint density at radius 3 is 2.81 bits per heavy atom. The predicted molar refractivity (Wildman–Crippen MR) is 98.7 cm³/mol. The second-order valence-corrected chi connectivity index (χ2v) is 6.57. The number of likely N-dealkylation sites (N-methyl/N-ethyl adjacent to an activating group) is 1. The highest BCUT2D eigenvalue weighted by atomic mass is 16.3. The van der Waals surface area contributed by atoms with E-state index in [-0.39, 0.29) is 5.70 Å². The quantitative estimate of drug-likeness (QED) is 0.617. The molecule has 0 atom stereocenters. The summed E-state index contributed by atoms with van der Waals surface area (Å²) in [7, 11) is 2.12. The molecule has 0 bridgehead atoms. The zero-order valence-corrected chi connectivity index (χ0v) is 14.9. The number of carbonyl (C=O) groups is 2. The molecule has 0 aliphatic carbocycles. The lowest BCUT2D eigenvalue weighted by Gasteiger charge is -2.21. The number of carbonyl (C=O) groups excluding carboxylic acids is 2. The van der Waals surface area contributed by atoms with Crippen LogP contribution in [0.4, 0.5) is 10.6 Å². The van der Waals surface area contributed by atoms with E-state index in [9.17, 15) is 9.59 Å². The molecule has 0 unspecified atom stereocenters. The lowest BCUT2D eigenvalue weighted by Crippen LogP contribution is -2.29. The lowest BCUT2D eigenvalue weighted by atomic mass is 10.3. The molecule has 140 valence electrons. The number of rotatable bonds is 3. The first kappa shape index (κ1) is 17.2. The van der Waals surface area contributed by atoms with E-state index in [0.717, 1.165) is 38.4 Å². The molecule has 4 rings (SSSR count). The number of urea groups is 1. The van der Waals surface area contributed by atoms with Gasteiger partial charge in [-0.05, 0) is 32.1 Å². The van der Waals surface area contributed by atoms with Gasteiger partial charge in [-0.1, -0.05) is 0 Å². The van der Waals surface area contributed by atoms with E-state index in [0.29, 0.717) is 17.2 Å². The summed E-state index contributed by atoms with van der Waals surface area (Å²) in [5.41, 5.74) is 0.768. The number of imide groups is 1. The van der Waals surface area contributed by atoms with E-state index < -0.39 is 11.9 Å². The molecule has 9 heteroatoms. The molecule has 2 N–H and O–H groups in total. The number of amides is 3. The Morgan fingerprint density at radius 2 is 2.00 bits per heavy atom. The standard InChI is InChI=1S/C18H20N6O3/c1-23-5-2-6-24(8-7-23)16-11-19-10-14(20-16)15-4-3-12(27-15)9-13-17(25)22-18(26)21-13/h3-4,9-11H,2,5-8H2,1H3,(H2,21,22,25,26). The fourth-order valence-corrected chi connectivity index (χ4v) is 3.10. The molecule has 2 aromatic rings. The Kier molecular flexibility index (Phi) is 4.59. The van der Waals surface area contributed by atoms with E-state index in [4.69, 9.17) is 4.42 Å². The van der Waals surface area contributed by atoms with Crippen LogP contribution in [0.1, 0.15) is 12.2 Å². The van der Waals surface area contributed by atoms with E-state index in [1.165, 1.54) is 6.08 Å². The molecule has 9 nitrogen and oxygen atoms in total. The Morgan fingerprint density at radius 1 is 1.11 bits per heavy atom. The first-order valence-corrected chi connectivity index (χ1v) is 8.78. The Bertz CT molecular complexity index is 906. The predicted octanol–water partition coefficient (Wildman–Crippen LogP) is 1.06. The number of furan rings is 1. The summed E-state index contributed by atoms with van der Waals surface area (Å²) in [5, 5.41) is 4.57. The van der Waals surface area contributed by atoms with Gasteiger partial charge >= 0.3 is 6.03 Å². The smallest absolute Gasteiger partial charge is 0.326 e. The molecule has 3 amide bonds. The van der Waals surface area contributed by atoms with Crippen LogP contribution in [0, 0.1) is 0 Å². The largest absolute Gasteiger partial charge is 0.455 e. The van der Waals surface area contributed by atoms with Gasteiger partial charge in [-0.25, -0.2) is 9.78 Å². The third-order valence-corrected chi connectivity index (χ3v) is 4.55. The van der Waals surface area contributed by atoms with Crippen LogP contribution in [0.25, 0.3) is 17.5 Å². The number of nitrogens with one attached hydrogen (secondary N) is 2. The summed E-state index contributed by atoms with van der Waals surface area (Å²) in [6.45, 7) is 3.90. The van der Waals surface area contributed by atoms with Crippen molar-refractivity contribution in [2.45, 2.75) is 6.42 Å². The maximum absolute atomic E-state index is 11.6. The van der Waals surface area contributed by atoms with Crippen molar-refractivity contribution in [3.05, 3.63) is 36.0 Å². The minimum atomic E-state index is -0.542.